The van der Waals surface area contributed by atoms with Gasteiger partial charge in [-0.1, -0.05) is 6.92 Å². The van der Waals surface area contributed by atoms with Gasteiger partial charge in [-0.2, -0.15) is 0 Å². The first kappa shape index (κ1) is 13.3. The number of ether oxygens (including phenoxy) is 1. The molecule has 0 aromatic carbocycles. The fraction of sp³-hybridized carbons (Fsp3) is 1.00. The van der Waals surface area contributed by atoms with Gasteiger partial charge in [0, 0.05) is 32.3 Å². The largest absolute Gasteiger partial charge is 0.383 e. The molecule has 3 unspecified atom stereocenters. The first-order valence-corrected chi connectivity index (χ1v) is 7.26. The zero-order chi connectivity index (χ0) is 12.1. The summed E-state index contributed by atoms with van der Waals surface area (Å²) in [5.41, 5.74) is 0. The molecule has 2 aliphatic rings. The van der Waals surface area contributed by atoms with Gasteiger partial charge in [-0.05, 0) is 44.6 Å². The minimum Gasteiger partial charge on any atom is -0.383 e. The van der Waals surface area contributed by atoms with Crippen molar-refractivity contribution in [2.24, 2.45) is 5.92 Å². The van der Waals surface area contributed by atoms with Crippen LogP contribution in [0.4, 0.5) is 0 Å². The van der Waals surface area contributed by atoms with Gasteiger partial charge in [-0.25, -0.2) is 0 Å². The zero-order valence-corrected chi connectivity index (χ0v) is 11.5. The fourth-order valence-corrected chi connectivity index (χ4v) is 3.34. The van der Waals surface area contributed by atoms with Crippen LogP contribution in [0.15, 0.2) is 0 Å². The summed E-state index contributed by atoms with van der Waals surface area (Å²) in [7, 11) is 1.81. The van der Waals surface area contributed by atoms with E-state index in [2.05, 4.69) is 17.1 Å². The van der Waals surface area contributed by atoms with E-state index in [0.717, 1.165) is 31.2 Å². The molecule has 0 radical (unpaired) electrons. The van der Waals surface area contributed by atoms with Crippen LogP contribution < -0.4 is 5.32 Å². The van der Waals surface area contributed by atoms with Gasteiger partial charge in [0.1, 0.15) is 0 Å². The molecule has 1 N–H and O–H groups in total. The van der Waals surface area contributed by atoms with Crippen molar-refractivity contribution in [3.63, 3.8) is 0 Å². The predicted octanol–water partition coefficient (Wildman–Crippen LogP) is 1.88. The molecule has 1 saturated heterocycles. The molecule has 3 atom stereocenters. The number of rotatable bonds is 6. The molecule has 0 amide bonds. The number of nitrogens with one attached hydrogen (secondary N) is 1. The lowest BCUT2D eigenvalue weighted by Crippen LogP contribution is -2.44. The van der Waals surface area contributed by atoms with E-state index in [1.165, 1.54) is 45.2 Å². The SMILES string of the molecule is COCCN(CC1CCCN1)C1CCC(C)C1. The highest BCUT2D eigenvalue weighted by Gasteiger charge is 2.28. The van der Waals surface area contributed by atoms with Crippen LogP contribution in [-0.4, -0.2) is 50.3 Å². The van der Waals surface area contributed by atoms with E-state index in [1.807, 2.05) is 7.11 Å². The Kier molecular flexibility index (Phi) is 5.26. The van der Waals surface area contributed by atoms with Gasteiger partial charge in [-0.3, -0.25) is 4.90 Å². The van der Waals surface area contributed by atoms with E-state index in [-0.39, 0.29) is 0 Å². The molecule has 0 aromatic heterocycles. The van der Waals surface area contributed by atoms with Crippen LogP contribution in [0.3, 0.4) is 0 Å². The summed E-state index contributed by atoms with van der Waals surface area (Å²) < 4.78 is 5.26. The molecule has 3 nitrogen and oxygen atoms in total. The summed E-state index contributed by atoms with van der Waals surface area (Å²) in [5, 5.41) is 3.62. The van der Waals surface area contributed by atoms with Crippen LogP contribution in [0.1, 0.15) is 39.0 Å². The minimum absolute atomic E-state index is 0.725. The smallest absolute Gasteiger partial charge is 0.0589 e. The lowest BCUT2D eigenvalue weighted by atomic mass is 10.1. The molecule has 100 valence electrons. The molecule has 2 fully saturated rings. The monoisotopic (exact) mass is 240 g/mol. The lowest BCUT2D eigenvalue weighted by molar-refractivity contribution is 0.112. The Labute approximate surface area is 106 Å². The Bertz CT molecular complexity index is 216. The average molecular weight is 240 g/mol. The molecule has 2 rings (SSSR count). The second kappa shape index (κ2) is 6.72. The third kappa shape index (κ3) is 3.94. The highest BCUT2D eigenvalue weighted by molar-refractivity contribution is 4.85. The van der Waals surface area contributed by atoms with Crippen LogP contribution in [0.5, 0.6) is 0 Å². The number of nitrogens with zero attached hydrogens (tertiary/aromatic N) is 1. The molecule has 0 spiro atoms. The molecule has 17 heavy (non-hydrogen) atoms. The molecule has 1 aliphatic heterocycles. The van der Waals surface area contributed by atoms with E-state index in [1.54, 1.807) is 0 Å². The zero-order valence-electron chi connectivity index (χ0n) is 11.5. The Balaban J connectivity index is 1.83. The first-order valence-electron chi connectivity index (χ1n) is 7.26. The van der Waals surface area contributed by atoms with Crippen molar-refractivity contribution in [1.29, 1.82) is 0 Å². The van der Waals surface area contributed by atoms with Gasteiger partial charge in [0.25, 0.3) is 0 Å². The number of hydrogen-bond donors (Lipinski definition) is 1. The van der Waals surface area contributed by atoms with Crippen molar-refractivity contribution in [2.45, 2.75) is 51.1 Å². The molecule has 1 heterocycles. The second-order valence-electron chi connectivity index (χ2n) is 5.85. The van der Waals surface area contributed by atoms with Crippen molar-refractivity contribution < 1.29 is 4.74 Å². The van der Waals surface area contributed by atoms with E-state index in [0.29, 0.717) is 0 Å². The van der Waals surface area contributed by atoms with Crippen molar-refractivity contribution in [3.05, 3.63) is 0 Å². The van der Waals surface area contributed by atoms with Gasteiger partial charge in [-0.15, -0.1) is 0 Å². The molecule has 1 saturated carbocycles. The lowest BCUT2D eigenvalue weighted by Gasteiger charge is -2.31. The van der Waals surface area contributed by atoms with Gasteiger partial charge in [0.2, 0.25) is 0 Å². The maximum atomic E-state index is 5.26. The van der Waals surface area contributed by atoms with Crippen LogP contribution >= 0.6 is 0 Å². The number of methoxy groups -OCH3 is 1. The summed E-state index contributed by atoms with van der Waals surface area (Å²) in [6, 6.07) is 1.53. The van der Waals surface area contributed by atoms with Crippen LogP contribution in [0, 0.1) is 5.92 Å². The molecular weight excluding hydrogens is 212 g/mol. The molecule has 0 bridgehead atoms. The van der Waals surface area contributed by atoms with Crippen LogP contribution in [0.2, 0.25) is 0 Å². The Morgan fingerprint density at radius 3 is 2.76 bits per heavy atom. The summed E-state index contributed by atoms with van der Waals surface area (Å²) in [6.45, 7) is 6.80. The normalized spacial score (nSPS) is 33.7. The molecular formula is C14H28N2O. The molecule has 0 aromatic rings. The van der Waals surface area contributed by atoms with Crippen molar-refractivity contribution in [2.75, 3.05) is 33.4 Å². The standard InChI is InChI=1S/C14H28N2O/c1-12-5-6-14(10-12)16(8-9-17-2)11-13-4-3-7-15-13/h12-15H,3-11H2,1-2H3. The van der Waals surface area contributed by atoms with E-state index in [4.69, 9.17) is 4.74 Å². The van der Waals surface area contributed by atoms with E-state index >= 15 is 0 Å². The van der Waals surface area contributed by atoms with Crippen molar-refractivity contribution in [3.8, 4) is 0 Å². The first-order chi connectivity index (χ1) is 8.29. The van der Waals surface area contributed by atoms with Gasteiger partial charge >= 0.3 is 0 Å². The summed E-state index contributed by atoms with van der Waals surface area (Å²) in [5.74, 6) is 0.918. The Morgan fingerprint density at radius 2 is 2.18 bits per heavy atom. The van der Waals surface area contributed by atoms with Crippen molar-refractivity contribution in [1.82, 2.24) is 10.2 Å². The fourth-order valence-electron chi connectivity index (χ4n) is 3.34. The van der Waals surface area contributed by atoms with E-state index in [9.17, 15) is 0 Å². The Hall–Kier alpha value is -0.120. The van der Waals surface area contributed by atoms with Gasteiger partial charge < -0.3 is 10.1 Å². The van der Waals surface area contributed by atoms with Crippen molar-refractivity contribution >= 4 is 0 Å². The second-order valence-corrected chi connectivity index (χ2v) is 5.85. The quantitative estimate of drug-likeness (QED) is 0.767. The third-order valence-corrected chi connectivity index (χ3v) is 4.38. The Morgan fingerprint density at radius 1 is 1.29 bits per heavy atom. The topological polar surface area (TPSA) is 24.5 Å². The summed E-state index contributed by atoms with van der Waals surface area (Å²) in [4.78, 5) is 2.68. The van der Waals surface area contributed by atoms with E-state index < -0.39 is 0 Å². The average Bonchev–Trinajstić information content (AvgIpc) is 2.95. The summed E-state index contributed by atoms with van der Waals surface area (Å²) >= 11 is 0. The van der Waals surface area contributed by atoms with Crippen LogP contribution in [0.25, 0.3) is 0 Å². The van der Waals surface area contributed by atoms with Gasteiger partial charge in [0.05, 0.1) is 6.61 Å². The highest BCUT2D eigenvalue weighted by Crippen LogP contribution is 2.29. The van der Waals surface area contributed by atoms with Crippen LogP contribution in [-0.2, 0) is 4.74 Å². The molecule has 3 heteroatoms. The maximum absolute atomic E-state index is 5.26. The summed E-state index contributed by atoms with van der Waals surface area (Å²) in [6.07, 6.45) is 6.88. The van der Waals surface area contributed by atoms with Gasteiger partial charge in [0.15, 0.2) is 0 Å². The molecule has 1 aliphatic carbocycles. The maximum Gasteiger partial charge on any atom is 0.0589 e. The predicted molar refractivity (Wildman–Crippen MR) is 71.3 cm³/mol. The highest BCUT2D eigenvalue weighted by atomic mass is 16.5. The number of hydrogen-bond acceptors (Lipinski definition) is 3. The minimum atomic E-state index is 0.725. The third-order valence-electron chi connectivity index (χ3n) is 4.38.